The minimum Gasteiger partial charge on any atom is -0.370 e. The topological polar surface area (TPSA) is 83.3 Å². The third-order valence-corrected chi connectivity index (χ3v) is 6.84. The Hall–Kier alpha value is -2.32. The number of alkyl halides is 3. The highest BCUT2D eigenvalue weighted by atomic mass is 19.4. The second-order valence-electron chi connectivity index (χ2n) is 9.18. The first-order valence-corrected chi connectivity index (χ1v) is 10.6. The Balaban J connectivity index is 1.65. The van der Waals surface area contributed by atoms with Crippen molar-refractivity contribution in [2.45, 2.75) is 69.9 Å². The number of aromatic nitrogens is 3. The van der Waals surface area contributed by atoms with Crippen LogP contribution >= 0.6 is 0 Å². The van der Waals surface area contributed by atoms with Crippen molar-refractivity contribution in [2.75, 3.05) is 13.1 Å². The van der Waals surface area contributed by atoms with Crippen LogP contribution in [0.15, 0.2) is 12.1 Å². The molecule has 2 aromatic heterocycles. The van der Waals surface area contributed by atoms with E-state index in [2.05, 4.69) is 11.9 Å². The molecule has 0 amide bonds. The van der Waals surface area contributed by atoms with Gasteiger partial charge in [0, 0.05) is 36.2 Å². The number of nitrogens with two attached hydrogens (primary N) is 1. The lowest BCUT2D eigenvalue weighted by atomic mass is 9.78. The average Bonchev–Trinajstić information content (AvgIpc) is 3.10. The number of aryl methyl sites for hydroxylation is 1. The maximum Gasteiger partial charge on any atom is 0.391 e. The van der Waals surface area contributed by atoms with E-state index in [1.54, 1.807) is 0 Å². The number of fused-ring (bicyclic) bond motifs is 1. The third-order valence-electron chi connectivity index (χ3n) is 6.84. The predicted molar refractivity (Wildman–Crippen MR) is 109 cm³/mol. The lowest BCUT2D eigenvalue weighted by molar-refractivity contribution is -0.182. The Bertz CT molecular complexity index is 944. The molecule has 2 fully saturated rings. The van der Waals surface area contributed by atoms with Crippen LogP contribution in [0.5, 0.6) is 0 Å². The number of nitrogens with one attached hydrogen (secondary N) is 1. The summed E-state index contributed by atoms with van der Waals surface area (Å²) in [5.41, 5.74) is 8.97. The zero-order valence-corrected chi connectivity index (χ0v) is 17.5. The van der Waals surface area contributed by atoms with Gasteiger partial charge in [-0.1, -0.05) is 6.92 Å². The van der Waals surface area contributed by atoms with Gasteiger partial charge in [-0.25, -0.2) is 9.50 Å². The minimum absolute atomic E-state index is 0.0336. The molecular weight excluding hydrogens is 393 g/mol. The molecule has 4 rings (SSSR count). The smallest absolute Gasteiger partial charge is 0.370 e. The third kappa shape index (κ3) is 3.86. The Morgan fingerprint density at radius 3 is 2.57 bits per heavy atom. The molecule has 3 N–H and O–H groups in total. The Morgan fingerprint density at radius 1 is 1.23 bits per heavy atom. The molecule has 164 valence electrons. The first-order chi connectivity index (χ1) is 14.1. The van der Waals surface area contributed by atoms with Crippen LogP contribution in [0.25, 0.3) is 5.65 Å². The van der Waals surface area contributed by atoms with Crippen molar-refractivity contribution >= 4 is 11.6 Å². The number of nitrogens with zero attached hydrogens (tertiary/aromatic N) is 4. The Kier molecular flexibility index (Phi) is 5.18. The van der Waals surface area contributed by atoms with Crippen LogP contribution < -0.4 is 5.73 Å². The van der Waals surface area contributed by atoms with Crippen LogP contribution in [-0.4, -0.2) is 44.7 Å². The molecule has 0 bridgehead atoms. The molecule has 0 aromatic carbocycles. The molecule has 2 aliphatic rings. The summed E-state index contributed by atoms with van der Waals surface area (Å²) in [5.74, 6) is -1.09. The van der Waals surface area contributed by atoms with Gasteiger partial charge in [-0.15, -0.1) is 0 Å². The summed E-state index contributed by atoms with van der Waals surface area (Å²) in [5, 5.41) is 12.6. The van der Waals surface area contributed by atoms with E-state index in [0.29, 0.717) is 19.4 Å². The summed E-state index contributed by atoms with van der Waals surface area (Å²) >= 11 is 0. The van der Waals surface area contributed by atoms with Crippen LogP contribution in [0.4, 0.5) is 13.2 Å². The molecule has 2 aromatic rings. The molecule has 1 atom stereocenters. The maximum absolute atomic E-state index is 13.0. The van der Waals surface area contributed by atoms with Gasteiger partial charge in [-0.3, -0.25) is 5.41 Å². The van der Waals surface area contributed by atoms with E-state index in [0.717, 1.165) is 42.1 Å². The highest BCUT2D eigenvalue weighted by molar-refractivity contribution is 5.74. The number of hydrogen-bond acceptors (Lipinski definition) is 3. The van der Waals surface area contributed by atoms with Crippen LogP contribution in [0.1, 0.15) is 68.4 Å². The van der Waals surface area contributed by atoms with Crippen molar-refractivity contribution in [3.63, 3.8) is 0 Å². The summed E-state index contributed by atoms with van der Waals surface area (Å²) in [6, 6.07) is 3.97. The number of likely N-dealkylation sites (tertiary alicyclic amines) is 1. The van der Waals surface area contributed by atoms with Crippen LogP contribution in [0.2, 0.25) is 0 Å². The van der Waals surface area contributed by atoms with Crippen molar-refractivity contribution in [2.24, 2.45) is 11.7 Å². The second-order valence-corrected chi connectivity index (χ2v) is 9.18. The van der Waals surface area contributed by atoms with Gasteiger partial charge < -0.3 is 10.6 Å². The molecule has 1 aliphatic carbocycles. The predicted octanol–water partition coefficient (Wildman–Crippen LogP) is 4.12. The summed E-state index contributed by atoms with van der Waals surface area (Å²) in [7, 11) is 0. The number of piperidine rings is 1. The second kappa shape index (κ2) is 7.42. The number of rotatable bonds is 2. The first kappa shape index (κ1) is 20.9. The van der Waals surface area contributed by atoms with Gasteiger partial charge in [0.15, 0.2) is 11.6 Å². The molecule has 3 heterocycles. The quantitative estimate of drug-likeness (QED) is 0.563. The molecule has 6 nitrogen and oxygen atoms in total. The van der Waals surface area contributed by atoms with E-state index in [-0.39, 0.29) is 30.1 Å². The Morgan fingerprint density at radius 2 is 1.93 bits per heavy atom. The van der Waals surface area contributed by atoms with Crippen LogP contribution in [-0.2, 0) is 5.41 Å². The van der Waals surface area contributed by atoms with Crippen molar-refractivity contribution in [1.29, 1.82) is 5.41 Å². The largest absolute Gasteiger partial charge is 0.391 e. The number of halogens is 3. The van der Waals surface area contributed by atoms with Gasteiger partial charge in [-0.2, -0.15) is 18.3 Å². The van der Waals surface area contributed by atoms with E-state index in [1.807, 2.05) is 28.5 Å². The van der Waals surface area contributed by atoms with Gasteiger partial charge in [-0.05, 0) is 51.5 Å². The van der Waals surface area contributed by atoms with Crippen molar-refractivity contribution in [3.05, 3.63) is 29.2 Å². The van der Waals surface area contributed by atoms with Crippen molar-refractivity contribution in [1.82, 2.24) is 19.5 Å². The van der Waals surface area contributed by atoms with Crippen LogP contribution in [0.3, 0.4) is 0 Å². The molecule has 1 saturated heterocycles. The molecule has 0 spiro atoms. The molecule has 1 aliphatic heterocycles. The van der Waals surface area contributed by atoms with Gasteiger partial charge in [0.2, 0.25) is 0 Å². The fourth-order valence-corrected chi connectivity index (χ4v) is 5.12. The summed E-state index contributed by atoms with van der Waals surface area (Å²) in [4.78, 5) is 6.51. The minimum atomic E-state index is -4.10. The fourth-order valence-electron chi connectivity index (χ4n) is 5.12. The summed E-state index contributed by atoms with van der Waals surface area (Å²) < 4.78 is 40.9. The van der Waals surface area contributed by atoms with Gasteiger partial charge in [0.05, 0.1) is 17.3 Å². The number of guanidine groups is 1. The average molecular weight is 422 g/mol. The maximum atomic E-state index is 13.0. The summed E-state index contributed by atoms with van der Waals surface area (Å²) in [6.45, 7) is 5.50. The highest BCUT2D eigenvalue weighted by Crippen LogP contribution is 2.43. The normalized spacial score (nSPS) is 28.1. The van der Waals surface area contributed by atoms with Gasteiger partial charge in [0.25, 0.3) is 0 Å². The van der Waals surface area contributed by atoms with E-state index < -0.39 is 12.1 Å². The fraction of sp³-hybridized carbons (Fsp3) is 0.667. The first-order valence-electron chi connectivity index (χ1n) is 10.6. The zero-order chi connectivity index (χ0) is 21.7. The zero-order valence-electron chi connectivity index (χ0n) is 17.5. The SMILES string of the molecule is Cc1cc([C@]2(C)CCCN(C(=N)N)C2)n2nc(C3CCC(C(F)(F)F)CC3)cc2n1. The monoisotopic (exact) mass is 422 g/mol. The van der Waals surface area contributed by atoms with Crippen molar-refractivity contribution < 1.29 is 13.2 Å². The van der Waals surface area contributed by atoms with E-state index in [4.69, 9.17) is 16.2 Å². The van der Waals surface area contributed by atoms with E-state index in [9.17, 15) is 13.2 Å². The lowest BCUT2D eigenvalue weighted by Crippen LogP contribution is -2.50. The number of hydrogen-bond donors (Lipinski definition) is 2. The lowest BCUT2D eigenvalue weighted by Gasteiger charge is -2.41. The summed E-state index contributed by atoms with van der Waals surface area (Å²) in [6.07, 6.45) is -0.918. The van der Waals surface area contributed by atoms with Gasteiger partial charge in [0.1, 0.15) is 0 Å². The molecule has 9 heteroatoms. The van der Waals surface area contributed by atoms with Crippen LogP contribution in [0, 0.1) is 18.3 Å². The molecule has 0 unspecified atom stereocenters. The molecular formula is C21H29F3N6. The van der Waals surface area contributed by atoms with Crippen molar-refractivity contribution in [3.8, 4) is 0 Å². The molecule has 1 saturated carbocycles. The van der Waals surface area contributed by atoms with Gasteiger partial charge >= 0.3 is 6.18 Å². The molecule has 30 heavy (non-hydrogen) atoms. The Labute approximate surface area is 174 Å². The standard InChI is InChI=1S/C21H29F3N6/c1-13-10-17(20(2)8-3-9-29(12-20)19(25)26)30-18(27-13)11-16(28-30)14-4-6-15(7-5-14)21(22,23)24/h10-11,14-15H,3-9,12H2,1-2H3,(H3,25,26)/t14?,15?,20-/m1/s1. The van der Waals surface area contributed by atoms with E-state index >= 15 is 0 Å². The highest BCUT2D eigenvalue weighted by Gasteiger charge is 2.42. The van der Waals surface area contributed by atoms with E-state index in [1.165, 1.54) is 0 Å². The molecule has 0 radical (unpaired) electrons.